The van der Waals surface area contributed by atoms with Crippen molar-refractivity contribution in [2.75, 3.05) is 0 Å². The van der Waals surface area contributed by atoms with Gasteiger partial charge >= 0.3 is 0 Å². The molecular formula is C36H18. The van der Waals surface area contributed by atoms with Gasteiger partial charge in [0.15, 0.2) is 0 Å². The molecule has 0 aliphatic rings. The molecule has 0 unspecified atom stereocenters. The Kier molecular flexibility index (Phi) is 2.83. The molecule has 0 amide bonds. The first-order valence-corrected chi connectivity index (χ1v) is 12.7. The zero-order valence-corrected chi connectivity index (χ0v) is 19.4. The lowest BCUT2D eigenvalue weighted by Gasteiger charge is -2.20. The second-order valence-electron chi connectivity index (χ2n) is 10.5. The molecule has 10 aromatic rings. The molecule has 0 saturated heterocycles. The van der Waals surface area contributed by atoms with Crippen molar-refractivity contribution in [2.45, 2.75) is 0 Å². The highest BCUT2D eigenvalue weighted by Gasteiger charge is 2.19. The maximum absolute atomic E-state index is 2.46. The van der Waals surface area contributed by atoms with Crippen molar-refractivity contribution >= 4 is 97.0 Å². The summed E-state index contributed by atoms with van der Waals surface area (Å²) in [6, 6.07) is 41.2. The Morgan fingerprint density at radius 2 is 0.306 bits per heavy atom. The maximum atomic E-state index is 2.46. The highest BCUT2D eigenvalue weighted by molar-refractivity contribution is 6.39. The molecule has 10 aromatic carbocycles. The van der Waals surface area contributed by atoms with Crippen molar-refractivity contribution in [3.8, 4) is 0 Å². The second-order valence-corrected chi connectivity index (χ2v) is 10.5. The molecule has 0 aliphatic carbocycles. The van der Waals surface area contributed by atoms with Gasteiger partial charge in [0.05, 0.1) is 0 Å². The molecule has 0 fully saturated rings. The highest BCUT2D eigenvalue weighted by atomic mass is 14.2. The lowest BCUT2D eigenvalue weighted by atomic mass is 9.83. The second kappa shape index (κ2) is 5.75. The topological polar surface area (TPSA) is 0 Å². The molecule has 0 aromatic heterocycles. The molecule has 0 radical (unpaired) electrons. The fourth-order valence-corrected chi connectivity index (χ4v) is 7.14. The molecule has 10 rings (SSSR count). The van der Waals surface area contributed by atoms with Crippen LogP contribution in [0.1, 0.15) is 0 Å². The van der Waals surface area contributed by atoms with E-state index in [1.54, 1.807) is 0 Å². The predicted octanol–water partition coefficient (Wildman–Crippen LogP) is 10.4. The van der Waals surface area contributed by atoms with Crippen molar-refractivity contribution in [1.82, 2.24) is 0 Å². The van der Waals surface area contributed by atoms with E-state index in [1.807, 2.05) is 0 Å². The molecule has 0 N–H and O–H groups in total. The number of benzene rings is 7. The molecule has 162 valence electrons. The molecule has 0 heterocycles. The Morgan fingerprint density at radius 1 is 0.167 bits per heavy atom. The van der Waals surface area contributed by atoms with Crippen LogP contribution in [-0.2, 0) is 0 Å². The minimum absolute atomic E-state index is 1.37. The van der Waals surface area contributed by atoms with E-state index in [1.165, 1.54) is 97.0 Å². The van der Waals surface area contributed by atoms with E-state index in [2.05, 4.69) is 109 Å². The van der Waals surface area contributed by atoms with E-state index in [-0.39, 0.29) is 0 Å². The first-order valence-electron chi connectivity index (χ1n) is 12.7. The molecule has 0 atom stereocenters. The summed E-state index contributed by atoms with van der Waals surface area (Å²) in [6.07, 6.45) is 0. The third kappa shape index (κ3) is 1.86. The van der Waals surface area contributed by atoms with Crippen LogP contribution >= 0.6 is 0 Å². The first-order chi connectivity index (χ1) is 17.8. The highest BCUT2D eigenvalue weighted by Crippen LogP contribution is 2.48. The van der Waals surface area contributed by atoms with Gasteiger partial charge in [-0.05, 0) is 133 Å². The van der Waals surface area contributed by atoms with Crippen LogP contribution in [-0.4, -0.2) is 0 Å². The lowest BCUT2D eigenvalue weighted by molar-refractivity contribution is 1.80. The van der Waals surface area contributed by atoms with Crippen LogP contribution in [0.5, 0.6) is 0 Å². The summed E-state index contributed by atoms with van der Waals surface area (Å²) in [7, 11) is 0. The molecular weight excluding hydrogens is 432 g/mol. The number of rotatable bonds is 0. The zero-order valence-electron chi connectivity index (χ0n) is 19.4. The average Bonchev–Trinajstić information content (AvgIpc) is 2.92. The lowest BCUT2D eigenvalue weighted by Crippen LogP contribution is -1.92. The van der Waals surface area contributed by atoms with Crippen molar-refractivity contribution < 1.29 is 0 Å². The Balaban J connectivity index is 1.48. The summed E-state index contributed by atoms with van der Waals surface area (Å²) < 4.78 is 0. The van der Waals surface area contributed by atoms with Gasteiger partial charge in [-0.1, -0.05) is 72.8 Å². The van der Waals surface area contributed by atoms with Crippen LogP contribution in [0.4, 0.5) is 0 Å². The van der Waals surface area contributed by atoms with Crippen molar-refractivity contribution in [1.29, 1.82) is 0 Å². The Labute approximate surface area is 206 Å². The maximum Gasteiger partial charge on any atom is -0.00921 e. The van der Waals surface area contributed by atoms with Gasteiger partial charge < -0.3 is 0 Å². The van der Waals surface area contributed by atoms with E-state index in [0.717, 1.165) is 0 Å². The first kappa shape index (κ1) is 17.7. The third-order valence-electron chi connectivity index (χ3n) is 8.87. The van der Waals surface area contributed by atoms with E-state index in [9.17, 15) is 0 Å². The average molecular weight is 451 g/mol. The summed E-state index contributed by atoms with van der Waals surface area (Å²) in [5.41, 5.74) is 0. The largest absolute Gasteiger partial charge is 0.0616 e. The summed E-state index contributed by atoms with van der Waals surface area (Å²) >= 11 is 0. The van der Waals surface area contributed by atoms with Gasteiger partial charge in [-0.2, -0.15) is 0 Å². The van der Waals surface area contributed by atoms with Crippen LogP contribution in [0.15, 0.2) is 109 Å². The van der Waals surface area contributed by atoms with Crippen molar-refractivity contribution in [3.05, 3.63) is 109 Å². The fourth-order valence-electron chi connectivity index (χ4n) is 7.14. The standard InChI is InChI=1S/C36H18/c1-2-8-20-19(7-1)25-13-31-32(14-26(20)25)34-16-28-23-11-5-6-12-24(23)30(28)18-36(34)35-17-29-22-10-4-3-9-21(22)27(29)15-33(31)35/h1-18H. The van der Waals surface area contributed by atoms with Crippen LogP contribution in [0.2, 0.25) is 0 Å². The van der Waals surface area contributed by atoms with Gasteiger partial charge in [0.25, 0.3) is 0 Å². The van der Waals surface area contributed by atoms with E-state index < -0.39 is 0 Å². The van der Waals surface area contributed by atoms with Gasteiger partial charge in [-0.3, -0.25) is 0 Å². The van der Waals surface area contributed by atoms with Gasteiger partial charge in [0.1, 0.15) is 0 Å². The van der Waals surface area contributed by atoms with Gasteiger partial charge in [0.2, 0.25) is 0 Å². The zero-order chi connectivity index (χ0) is 23.1. The quantitative estimate of drug-likeness (QED) is 0.202. The van der Waals surface area contributed by atoms with E-state index in [4.69, 9.17) is 0 Å². The van der Waals surface area contributed by atoms with Crippen LogP contribution < -0.4 is 0 Å². The molecule has 0 nitrogen and oxygen atoms in total. The van der Waals surface area contributed by atoms with Crippen LogP contribution in [0, 0.1) is 0 Å². The summed E-state index contributed by atoms with van der Waals surface area (Å²) in [5, 5.41) is 24.8. The van der Waals surface area contributed by atoms with Gasteiger partial charge in [-0.15, -0.1) is 0 Å². The monoisotopic (exact) mass is 450 g/mol. The molecule has 0 heteroatoms. The number of hydrogen-bond donors (Lipinski definition) is 0. The molecule has 36 heavy (non-hydrogen) atoms. The summed E-state index contributed by atoms with van der Waals surface area (Å²) in [5.74, 6) is 0. The number of hydrogen-bond acceptors (Lipinski definition) is 0. The molecule has 0 spiro atoms. The normalized spacial score (nSPS) is 13.0. The van der Waals surface area contributed by atoms with Crippen molar-refractivity contribution in [2.24, 2.45) is 0 Å². The van der Waals surface area contributed by atoms with Crippen molar-refractivity contribution in [3.63, 3.8) is 0 Å². The van der Waals surface area contributed by atoms with Crippen LogP contribution in [0.25, 0.3) is 97.0 Å². The van der Waals surface area contributed by atoms with E-state index in [0.29, 0.717) is 0 Å². The summed E-state index contributed by atoms with van der Waals surface area (Å²) in [6.45, 7) is 0. The minimum Gasteiger partial charge on any atom is -0.0616 e. The van der Waals surface area contributed by atoms with Gasteiger partial charge in [-0.25, -0.2) is 0 Å². The van der Waals surface area contributed by atoms with Crippen LogP contribution in [0.3, 0.4) is 0 Å². The molecule has 0 aliphatic heterocycles. The third-order valence-corrected chi connectivity index (χ3v) is 8.87. The Bertz CT molecular complexity index is 2030. The molecule has 0 bridgehead atoms. The Hall–Kier alpha value is -4.68. The number of fused-ring (bicyclic) bond motifs is 18. The van der Waals surface area contributed by atoms with Gasteiger partial charge in [0, 0.05) is 0 Å². The fraction of sp³-hybridized carbons (Fsp3) is 0. The SMILES string of the molecule is c1ccc2c(c1)c1cc3c4cc5c6ccccc6c5cc4c4cc5c6ccccc6c5cc4c3cc21. The Morgan fingerprint density at radius 3 is 0.472 bits per heavy atom. The predicted molar refractivity (Wildman–Crippen MR) is 158 cm³/mol. The summed E-state index contributed by atoms with van der Waals surface area (Å²) in [4.78, 5) is 0. The smallest absolute Gasteiger partial charge is 0.00921 e. The minimum atomic E-state index is 1.37. The molecule has 0 saturated carbocycles. The van der Waals surface area contributed by atoms with E-state index >= 15 is 0 Å².